The first-order valence-corrected chi connectivity index (χ1v) is 7.06. The number of ether oxygens (including phenoxy) is 1. The Morgan fingerprint density at radius 3 is 2.55 bits per heavy atom. The molecule has 0 fully saturated rings. The van der Waals surface area contributed by atoms with Crippen molar-refractivity contribution >= 4 is 34.1 Å². The molecule has 1 heterocycles. The minimum Gasteiger partial charge on any atom is -0.437 e. The average molecular weight is 304 g/mol. The third kappa shape index (κ3) is 2.58. The number of benzene rings is 2. The van der Waals surface area contributed by atoms with E-state index in [0.717, 1.165) is 16.5 Å². The Kier molecular flexibility index (Phi) is 3.77. The van der Waals surface area contributed by atoms with E-state index in [1.165, 1.54) is 0 Å². The van der Waals surface area contributed by atoms with Crippen molar-refractivity contribution in [3.8, 4) is 11.6 Å². The Morgan fingerprint density at radius 1 is 1.00 bits per heavy atom. The van der Waals surface area contributed by atoms with Crippen molar-refractivity contribution in [3.63, 3.8) is 0 Å². The van der Waals surface area contributed by atoms with Gasteiger partial charge >= 0.3 is 0 Å². The van der Waals surface area contributed by atoms with Crippen LogP contribution in [0, 0.1) is 0 Å². The topological polar surface area (TPSA) is 22.1 Å². The summed E-state index contributed by atoms with van der Waals surface area (Å²) in [6.07, 6.45) is 0. The highest BCUT2D eigenvalue weighted by atomic mass is 35.5. The van der Waals surface area contributed by atoms with Crippen LogP contribution in [0.5, 0.6) is 11.6 Å². The molecule has 0 radical (unpaired) electrons. The molecule has 0 atom stereocenters. The van der Waals surface area contributed by atoms with E-state index in [0.29, 0.717) is 22.5 Å². The summed E-state index contributed by atoms with van der Waals surface area (Å²) in [5.74, 6) is 1.48. The molecular formula is C16H11Cl2NO. The molecule has 0 bridgehead atoms. The molecule has 0 saturated carbocycles. The number of hydrogen-bond donors (Lipinski definition) is 0. The van der Waals surface area contributed by atoms with Crippen molar-refractivity contribution in [2.75, 3.05) is 0 Å². The molecule has 3 rings (SSSR count). The second-order valence-electron chi connectivity index (χ2n) is 4.30. The van der Waals surface area contributed by atoms with Crippen molar-refractivity contribution in [1.82, 2.24) is 4.98 Å². The Bertz CT molecular complexity index is 758. The second kappa shape index (κ2) is 5.70. The van der Waals surface area contributed by atoms with Crippen LogP contribution in [0.3, 0.4) is 0 Å². The van der Waals surface area contributed by atoms with Gasteiger partial charge in [0.25, 0.3) is 0 Å². The maximum atomic E-state index is 6.09. The van der Waals surface area contributed by atoms with E-state index in [-0.39, 0.29) is 0 Å². The third-order valence-corrected chi connectivity index (χ3v) is 3.57. The van der Waals surface area contributed by atoms with Gasteiger partial charge in [-0.2, -0.15) is 0 Å². The van der Waals surface area contributed by atoms with Crippen LogP contribution in [0.25, 0.3) is 10.9 Å². The summed E-state index contributed by atoms with van der Waals surface area (Å²) >= 11 is 12.1. The molecule has 0 aliphatic carbocycles. The fourth-order valence-electron chi connectivity index (χ4n) is 2.02. The highest BCUT2D eigenvalue weighted by Gasteiger charge is 2.08. The number of fused-ring (bicyclic) bond motifs is 1. The highest BCUT2D eigenvalue weighted by molar-refractivity contribution is 6.32. The molecule has 2 aromatic carbocycles. The van der Waals surface area contributed by atoms with E-state index in [4.69, 9.17) is 27.9 Å². The average Bonchev–Trinajstić information content (AvgIpc) is 2.49. The normalized spacial score (nSPS) is 10.7. The van der Waals surface area contributed by atoms with Crippen molar-refractivity contribution in [3.05, 3.63) is 65.2 Å². The highest BCUT2D eigenvalue weighted by Crippen LogP contribution is 2.30. The van der Waals surface area contributed by atoms with Gasteiger partial charge in [-0.05, 0) is 23.8 Å². The third-order valence-electron chi connectivity index (χ3n) is 2.97. The number of pyridine rings is 1. The van der Waals surface area contributed by atoms with Gasteiger partial charge in [0.05, 0.1) is 10.5 Å². The Labute approximate surface area is 126 Å². The van der Waals surface area contributed by atoms with Crippen LogP contribution >= 0.6 is 23.2 Å². The molecule has 1 aromatic heterocycles. The number of hydrogen-bond acceptors (Lipinski definition) is 2. The van der Waals surface area contributed by atoms with E-state index >= 15 is 0 Å². The van der Waals surface area contributed by atoms with Crippen LogP contribution in [0.15, 0.2) is 54.6 Å². The SMILES string of the molecule is ClCc1cc(Oc2ccccc2Cl)nc2ccccc12. The molecule has 0 saturated heterocycles. The summed E-state index contributed by atoms with van der Waals surface area (Å²) < 4.78 is 5.76. The maximum absolute atomic E-state index is 6.09. The molecule has 4 heteroatoms. The number of para-hydroxylation sites is 2. The molecule has 0 unspecified atom stereocenters. The minimum atomic E-state index is 0.405. The van der Waals surface area contributed by atoms with Crippen LogP contribution < -0.4 is 4.74 Å². The largest absolute Gasteiger partial charge is 0.437 e. The predicted molar refractivity (Wildman–Crippen MR) is 82.8 cm³/mol. The van der Waals surface area contributed by atoms with E-state index in [2.05, 4.69) is 4.98 Å². The quantitative estimate of drug-likeness (QED) is 0.603. The Balaban J connectivity index is 2.06. The molecule has 0 amide bonds. The summed E-state index contributed by atoms with van der Waals surface area (Å²) in [7, 11) is 0. The lowest BCUT2D eigenvalue weighted by Crippen LogP contribution is -1.92. The lowest BCUT2D eigenvalue weighted by Gasteiger charge is -2.09. The number of nitrogens with zero attached hydrogens (tertiary/aromatic N) is 1. The molecule has 3 aromatic rings. The smallest absolute Gasteiger partial charge is 0.220 e. The van der Waals surface area contributed by atoms with Gasteiger partial charge in [-0.1, -0.05) is 41.9 Å². The van der Waals surface area contributed by atoms with Crippen molar-refractivity contribution in [1.29, 1.82) is 0 Å². The monoisotopic (exact) mass is 303 g/mol. The summed E-state index contributed by atoms with van der Waals surface area (Å²) in [5.41, 5.74) is 1.84. The molecule has 0 spiro atoms. The van der Waals surface area contributed by atoms with Crippen molar-refractivity contribution < 1.29 is 4.74 Å². The van der Waals surface area contributed by atoms with E-state index in [1.807, 2.05) is 42.5 Å². The lowest BCUT2D eigenvalue weighted by atomic mass is 10.1. The minimum absolute atomic E-state index is 0.405. The summed E-state index contributed by atoms with van der Waals surface area (Å²) in [5, 5.41) is 1.59. The van der Waals surface area contributed by atoms with Gasteiger partial charge in [-0.25, -0.2) is 4.98 Å². The zero-order valence-electron chi connectivity index (χ0n) is 10.5. The van der Waals surface area contributed by atoms with Crippen molar-refractivity contribution in [2.45, 2.75) is 5.88 Å². The molecule has 2 nitrogen and oxygen atoms in total. The second-order valence-corrected chi connectivity index (χ2v) is 4.98. The molecule has 0 N–H and O–H groups in total. The molecule has 100 valence electrons. The fourth-order valence-corrected chi connectivity index (χ4v) is 2.42. The lowest BCUT2D eigenvalue weighted by molar-refractivity contribution is 0.465. The molecular weight excluding hydrogens is 293 g/mol. The number of halogens is 2. The fraction of sp³-hybridized carbons (Fsp3) is 0.0625. The first kappa shape index (κ1) is 13.2. The van der Waals surface area contributed by atoms with E-state index in [1.54, 1.807) is 12.1 Å². The number of aromatic nitrogens is 1. The summed E-state index contributed by atoms with van der Waals surface area (Å²) in [6, 6.07) is 17.0. The Morgan fingerprint density at radius 2 is 1.75 bits per heavy atom. The molecule has 0 aliphatic rings. The number of rotatable bonds is 3. The first-order chi connectivity index (χ1) is 9.78. The van der Waals surface area contributed by atoms with E-state index < -0.39 is 0 Å². The molecule has 20 heavy (non-hydrogen) atoms. The van der Waals surface area contributed by atoms with Crippen LogP contribution in [0.1, 0.15) is 5.56 Å². The number of alkyl halides is 1. The van der Waals surface area contributed by atoms with Crippen LogP contribution in [-0.4, -0.2) is 4.98 Å². The standard InChI is InChI=1S/C16H11Cl2NO/c17-10-11-9-16(19-14-7-3-1-5-12(11)14)20-15-8-4-2-6-13(15)18/h1-9H,10H2. The van der Waals surface area contributed by atoms with Gasteiger partial charge in [0.15, 0.2) is 0 Å². The maximum Gasteiger partial charge on any atom is 0.220 e. The van der Waals surface area contributed by atoms with Crippen LogP contribution in [0.4, 0.5) is 0 Å². The zero-order chi connectivity index (χ0) is 13.9. The summed E-state index contributed by atoms with van der Waals surface area (Å²) in [6.45, 7) is 0. The van der Waals surface area contributed by atoms with Crippen LogP contribution in [0.2, 0.25) is 5.02 Å². The van der Waals surface area contributed by atoms with Gasteiger partial charge in [-0.15, -0.1) is 11.6 Å². The Hall–Kier alpha value is -1.77. The van der Waals surface area contributed by atoms with Gasteiger partial charge in [0.2, 0.25) is 5.88 Å². The zero-order valence-corrected chi connectivity index (χ0v) is 12.0. The van der Waals surface area contributed by atoms with Crippen LogP contribution in [-0.2, 0) is 5.88 Å². The molecule has 0 aliphatic heterocycles. The van der Waals surface area contributed by atoms with E-state index in [9.17, 15) is 0 Å². The van der Waals surface area contributed by atoms with Gasteiger partial charge in [-0.3, -0.25) is 0 Å². The van der Waals surface area contributed by atoms with Crippen molar-refractivity contribution in [2.24, 2.45) is 0 Å². The summed E-state index contributed by atoms with van der Waals surface area (Å²) in [4.78, 5) is 4.48. The van der Waals surface area contributed by atoms with Gasteiger partial charge in [0.1, 0.15) is 5.75 Å². The first-order valence-electron chi connectivity index (χ1n) is 6.15. The van der Waals surface area contributed by atoms with Gasteiger partial charge in [0, 0.05) is 17.3 Å². The predicted octanol–water partition coefficient (Wildman–Crippen LogP) is 5.42. The van der Waals surface area contributed by atoms with Gasteiger partial charge < -0.3 is 4.74 Å².